The second kappa shape index (κ2) is 8.60. The van der Waals surface area contributed by atoms with Gasteiger partial charge >= 0.3 is 0 Å². The summed E-state index contributed by atoms with van der Waals surface area (Å²) in [6, 6.07) is 25.4. The summed E-state index contributed by atoms with van der Waals surface area (Å²) in [5.41, 5.74) is 4.44. The number of aryl methyl sites for hydroxylation is 2. The number of benzene rings is 3. The van der Waals surface area contributed by atoms with Crippen LogP contribution in [0.15, 0.2) is 96.2 Å². The lowest BCUT2D eigenvalue weighted by Gasteiger charge is -2.34. The summed E-state index contributed by atoms with van der Waals surface area (Å²) in [5, 5.41) is 1.61. The third-order valence-corrected chi connectivity index (χ3v) is 6.72. The normalized spacial score (nSPS) is 13.2. The number of methoxy groups -OCH3 is 1. The molecule has 2 heterocycles. The number of aromatic nitrogens is 3. The van der Waals surface area contributed by atoms with E-state index < -0.39 is 5.60 Å². The van der Waals surface area contributed by atoms with Crippen molar-refractivity contribution in [2.75, 3.05) is 7.11 Å². The van der Waals surface area contributed by atoms with Crippen molar-refractivity contribution in [2.24, 2.45) is 14.1 Å². The molecule has 2 aromatic heterocycles. The van der Waals surface area contributed by atoms with Crippen LogP contribution in [0.2, 0.25) is 5.02 Å². The van der Waals surface area contributed by atoms with Gasteiger partial charge in [0.2, 0.25) is 0 Å². The molecule has 0 fully saturated rings. The number of halogens is 1. The van der Waals surface area contributed by atoms with Crippen molar-refractivity contribution < 1.29 is 4.74 Å². The van der Waals surface area contributed by atoms with Crippen molar-refractivity contribution >= 4 is 22.5 Å². The minimum Gasteiger partial charge on any atom is -0.362 e. The van der Waals surface area contributed by atoms with E-state index in [2.05, 4.69) is 11.1 Å². The molecule has 5 aromatic rings. The molecule has 5 nitrogen and oxygen atoms in total. The second-order valence-electron chi connectivity index (χ2n) is 8.34. The van der Waals surface area contributed by atoms with Crippen LogP contribution in [0.25, 0.3) is 22.0 Å². The zero-order valence-electron chi connectivity index (χ0n) is 19.2. The number of nitrogens with zero attached hydrogens (tertiary/aromatic N) is 3. The van der Waals surface area contributed by atoms with Crippen molar-refractivity contribution in [2.45, 2.75) is 5.60 Å². The molecule has 170 valence electrons. The van der Waals surface area contributed by atoms with Crippen LogP contribution in [0.4, 0.5) is 0 Å². The van der Waals surface area contributed by atoms with Crippen molar-refractivity contribution in [3.05, 3.63) is 124 Å². The first kappa shape index (κ1) is 22.1. The maximum atomic E-state index is 12.8. The number of hydrogen-bond acceptors (Lipinski definition) is 3. The van der Waals surface area contributed by atoms with Gasteiger partial charge in [-0.3, -0.25) is 4.79 Å². The van der Waals surface area contributed by atoms with Crippen LogP contribution in [-0.4, -0.2) is 21.2 Å². The minimum atomic E-state index is -0.938. The molecule has 6 heteroatoms. The van der Waals surface area contributed by atoms with Gasteiger partial charge in [-0.1, -0.05) is 60.1 Å². The number of imidazole rings is 1. The number of rotatable bonds is 5. The van der Waals surface area contributed by atoms with Gasteiger partial charge in [-0.2, -0.15) is 0 Å². The molecule has 0 aliphatic heterocycles. The zero-order chi connectivity index (χ0) is 23.9. The van der Waals surface area contributed by atoms with Crippen molar-refractivity contribution in [1.29, 1.82) is 0 Å². The highest BCUT2D eigenvalue weighted by Crippen LogP contribution is 2.42. The predicted molar refractivity (Wildman–Crippen MR) is 136 cm³/mol. The van der Waals surface area contributed by atoms with Gasteiger partial charge in [0.05, 0.1) is 23.7 Å². The first-order valence-corrected chi connectivity index (χ1v) is 11.3. The van der Waals surface area contributed by atoms with E-state index >= 15 is 0 Å². The van der Waals surface area contributed by atoms with Gasteiger partial charge in [0.15, 0.2) is 5.60 Å². The Bertz CT molecular complexity index is 1540. The molecular formula is C28H24ClN3O2. The van der Waals surface area contributed by atoms with Gasteiger partial charge in [0.25, 0.3) is 5.56 Å². The molecule has 0 aliphatic rings. The van der Waals surface area contributed by atoms with E-state index in [9.17, 15) is 4.79 Å². The molecule has 0 radical (unpaired) electrons. The standard InChI is InChI=1S/C28H24ClN3O2/c1-31-18-30-17-26(31)28(34-3,20-9-12-22(29)13-10-20)21-11-14-25-24(15-21)23(16-27(33)32(25)2)19-7-5-4-6-8-19/h4-18H,1-3H3. The van der Waals surface area contributed by atoms with E-state index in [-0.39, 0.29) is 5.56 Å². The Morgan fingerprint density at radius 2 is 1.62 bits per heavy atom. The van der Waals surface area contributed by atoms with Gasteiger partial charge in [-0.15, -0.1) is 0 Å². The van der Waals surface area contributed by atoms with Gasteiger partial charge in [-0.05, 0) is 46.5 Å². The topological polar surface area (TPSA) is 49.1 Å². The highest BCUT2D eigenvalue weighted by Gasteiger charge is 2.39. The monoisotopic (exact) mass is 469 g/mol. The summed E-state index contributed by atoms with van der Waals surface area (Å²) < 4.78 is 9.98. The Morgan fingerprint density at radius 3 is 2.26 bits per heavy atom. The largest absolute Gasteiger partial charge is 0.362 e. The Kier molecular flexibility index (Phi) is 5.60. The van der Waals surface area contributed by atoms with Gasteiger partial charge in [0.1, 0.15) is 0 Å². The lowest BCUT2D eigenvalue weighted by molar-refractivity contribution is 0.0525. The van der Waals surface area contributed by atoms with Crippen molar-refractivity contribution in [3.8, 4) is 11.1 Å². The maximum Gasteiger partial charge on any atom is 0.251 e. The maximum absolute atomic E-state index is 12.8. The van der Waals surface area contributed by atoms with Gasteiger partial charge in [0, 0.05) is 37.7 Å². The third kappa shape index (κ3) is 3.45. The van der Waals surface area contributed by atoms with E-state index in [0.29, 0.717) is 5.02 Å². The lowest BCUT2D eigenvalue weighted by Crippen LogP contribution is -2.33. The van der Waals surface area contributed by atoms with E-state index in [0.717, 1.165) is 38.9 Å². The molecule has 0 N–H and O–H groups in total. The van der Waals surface area contributed by atoms with Crippen LogP contribution in [0.1, 0.15) is 16.8 Å². The van der Waals surface area contributed by atoms with E-state index in [4.69, 9.17) is 16.3 Å². The molecule has 0 aliphatic carbocycles. The molecule has 5 rings (SSSR count). The first-order valence-electron chi connectivity index (χ1n) is 10.9. The number of pyridine rings is 1. The fourth-order valence-electron chi connectivity index (χ4n) is 4.72. The van der Waals surface area contributed by atoms with E-state index in [1.165, 1.54) is 0 Å². The van der Waals surface area contributed by atoms with Crippen LogP contribution < -0.4 is 5.56 Å². The molecule has 1 unspecified atom stereocenters. The number of fused-ring (bicyclic) bond motifs is 1. The summed E-state index contributed by atoms with van der Waals surface area (Å²) in [4.78, 5) is 17.1. The first-order chi connectivity index (χ1) is 16.5. The second-order valence-corrected chi connectivity index (χ2v) is 8.77. The van der Waals surface area contributed by atoms with E-state index in [1.54, 1.807) is 31.1 Å². The van der Waals surface area contributed by atoms with Crippen LogP contribution in [0, 0.1) is 0 Å². The van der Waals surface area contributed by atoms with Crippen molar-refractivity contribution in [1.82, 2.24) is 14.1 Å². The third-order valence-electron chi connectivity index (χ3n) is 6.47. The minimum absolute atomic E-state index is 0.0542. The summed E-state index contributed by atoms with van der Waals surface area (Å²) in [6.45, 7) is 0. The summed E-state index contributed by atoms with van der Waals surface area (Å²) in [5.74, 6) is 0. The molecule has 0 spiro atoms. The van der Waals surface area contributed by atoms with Crippen LogP contribution in [-0.2, 0) is 24.4 Å². The highest BCUT2D eigenvalue weighted by atomic mass is 35.5. The average molecular weight is 470 g/mol. The van der Waals surface area contributed by atoms with Crippen LogP contribution in [0.5, 0.6) is 0 Å². The molecule has 0 saturated heterocycles. The van der Waals surface area contributed by atoms with Gasteiger partial charge in [-0.25, -0.2) is 4.98 Å². The summed E-state index contributed by atoms with van der Waals surface area (Å²) >= 11 is 6.22. The molecular weight excluding hydrogens is 446 g/mol. The highest BCUT2D eigenvalue weighted by molar-refractivity contribution is 6.30. The summed E-state index contributed by atoms with van der Waals surface area (Å²) in [7, 11) is 5.44. The quantitative estimate of drug-likeness (QED) is 0.340. The fraction of sp³-hybridized carbons (Fsp3) is 0.143. The Hall–Kier alpha value is -3.67. The number of hydrogen-bond donors (Lipinski definition) is 0. The SMILES string of the molecule is COC(c1ccc(Cl)cc1)(c1ccc2c(c1)c(-c1ccccc1)cc(=O)n2C)c1cncn1C. The molecule has 1 atom stereocenters. The Balaban J connectivity index is 1.87. The van der Waals surface area contributed by atoms with E-state index in [1.807, 2.05) is 84.5 Å². The molecule has 0 saturated carbocycles. The zero-order valence-corrected chi connectivity index (χ0v) is 20.0. The summed E-state index contributed by atoms with van der Waals surface area (Å²) in [6.07, 6.45) is 3.58. The number of ether oxygens (including phenoxy) is 1. The smallest absolute Gasteiger partial charge is 0.251 e. The van der Waals surface area contributed by atoms with Crippen molar-refractivity contribution in [3.63, 3.8) is 0 Å². The predicted octanol–water partition coefficient (Wildman–Crippen LogP) is 5.53. The molecule has 0 amide bonds. The van der Waals surface area contributed by atoms with Gasteiger partial charge < -0.3 is 13.9 Å². The lowest BCUT2D eigenvalue weighted by atomic mass is 9.82. The Labute approximate surface area is 202 Å². The van der Waals surface area contributed by atoms with Crippen LogP contribution >= 0.6 is 11.6 Å². The molecule has 3 aromatic carbocycles. The van der Waals surface area contributed by atoms with Crippen LogP contribution in [0.3, 0.4) is 0 Å². The molecule has 34 heavy (non-hydrogen) atoms. The molecule has 0 bridgehead atoms. The fourth-order valence-corrected chi connectivity index (χ4v) is 4.85. The average Bonchev–Trinajstić information content (AvgIpc) is 3.30. The Morgan fingerprint density at radius 1 is 0.912 bits per heavy atom.